The third-order valence-corrected chi connectivity index (χ3v) is 10.1. The van der Waals surface area contributed by atoms with Crippen LogP contribution in [0.5, 0.6) is 0 Å². The van der Waals surface area contributed by atoms with Crippen LogP contribution >= 0.6 is 7.14 Å². The Balaban J connectivity index is 1.53. The molecule has 6 nitrogen and oxygen atoms in total. The van der Waals surface area contributed by atoms with E-state index in [0.29, 0.717) is 47.8 Å². The summed E-state index contributed by atoms with van der Waals surface area (Å²) in [5.74, 6) is 0.391. The van der Waals surface area contributed by atoms with Crippen molar-refractivity contribution in [3.05, 3.63) is 133 Å². The minimum Gasteiger partial charge on any atom is -0.473 e. The van der Waals surface area contributed by atoms with Gasteiger partial charge in [-0.2, -0.15) is 0 Å². The van der Waals surface area contributed by atoms with Crippen molar-refractivity contribution in [1.82, 2.24) is 4.90 Å². The SMILES string of the molecule is C=CCOC(=Nc1ccc(C(=O)CN2CCOCC2)cc1)c1ccccc1P(=O)(c1ccccc1)c1ccccc1. The number of aliphatic imine (C=N–C) groups is 1. The zero-order chi connectivity index (χ0) is 28.5. The molecular weight excluding hydrogens is 531 g/mol. The Hall–Kier alpha value is -4.09. The standard InChI is InChI=1S/C34H33N2O4P/c1-2-23-40-34(35-28-19-17-27(18-20-28)32(37)26-36-21-24-39-25-22-36)31-15-9-10-16-33(31)41(38,29-11-5-3-6-12-29)30-13-7-4-8-14-30/h2-20H,1,21-26H2. The number of carbonyl (C=O) groups is 1. The molecule has 4 aromatic carbocycles. The Labute approximate surface area is 241 Å². The van der Waals surface area contributed by atoms with Crippen LogP contribution in [0.3, 0.4) is 0 Å². The minimum absolute atomic E-state index is 0.0579. The van der Waals surface area contributed by atoms with Crippen molar-refractivity contribution in [2.75, 3.05) is 39.5 Å². The highest BCUT2D eigenvalue weighted by Gasteiger charge is 2.33. The lowest BCUT2D eigenvalue weighted by Crippen LogP contribution is -2.39. The smallest absolute Gasteiger partial charge is 0.222 e. The number of Topliss-reactive ketones (excluding diaryl/α,β-unsaturated/α-hetero) is 1. The third kappa shape index (κ3) is 6.63. The summed E-state index contributed by atoms with van der Waals surface area (Å²) in [6.45, 7) is 7.20. The lowest BCUT2D eigenvalue weighted by molar-refractivity contribution is 0.0371. The molecule has 4 aromatic rings. The van der Waals surface area contributed by atoms with Crippen LogP contribution in [0.2, 0.25) is 0 Å². The van der Waals surface area contributed by atoms with Crippen molar-refractivity contribution in [2.45, 2.75) is 0 Å². The molecule has 0 spiro atoms. The summed E-state index contributed by atoms with van der Waals surface area (Å²) in [4.78, 5) is 19.8. The summed E-state index contributed by atoms with van der Waals surface area (Å²) in [6, 6.07) is 33.8. The first-order valence-electron chi connectivity index (χ1n) is 13.7. The average molecular weight is 565 g/mol. The second-order valence-electron chi connectivity index (χ2n) is 9.67. The Morgan fingerprint density at radius 3 is 2.05 bits per heavy atom. The quantitative estimate of drug-likeness (QED) is 0.0880. The van der Waals surface area contributed by atoms with E-state index in [-0.39, 0.29) is 12.4 Å². The van der Waals surface area contributed by atoms with Crippen molar-refractivity contribution < 1.29 is 18.8 Å². The molecule has 1 aliphatic heterocycles. The van der Waals surface area contributed by atoms with E-state index in [0.717, 1.165) is 23.7 Å². The minimum atomic E-state index is -3.29. The summed E-state index contributed by atoms with van der Waals surface area (Å²) >= 11 is 0. The van der Waals surface area contributed by atoms with Gasteiger partial charge in [-0.25, -0.2) is 4.99 Å². The predicted octanol–water partition coefficient (Wildman–Crippen LogP) is 5.12. The zero-order valence-electron chi connectivity index (χ0n) is 22.9. The van der Waals surface area contributed by atoms with Gasteiger partial charge in [0.05, 0.1) is 25.4 Å². The van der Waals surface area contributed by atoms with E-state index < -0.39 is 7.14 Å². The maximum absolute atomic E-state index is 15.2. The van der Waals surface area contributed by atoms with E-state index in [1.54, 1.807) is 30.3 Å². The highest BCUT2D eigenvalue weighted by atomic mass is 31.2. The highest BCUT2D eigenvalue weighted by molar-refractivity contribution is 7.85. The fourth-order valence-electron chi connectivity index (χ4n) is 4.83. The number of hydrogen-bond acceptors (Lipinski definition) is 6. The average Bonchev–Trinajstić information content (AvgIpc) is 3.04. The van der Waals surface area contributed by atoms with Crippen molar-refractivity contribution in [2.24, 2.45) is 4.99 Å². The molecule has 41 heavy (non-hydrogen) atoms. The number of carbonyl (C=O) groups excluding carboxylic acids is 1. The second kappa shape index (κ2) is 13.5. The summed E-state index contributed by atoms with van der Waals surface area (Å²) in [6.07, 6.45) is 1.65. The lowest BCUT2D eigenvalue weighted by Gasteiger charge is -2.25. The summed E-state index contributed by atoms with van der Waals surface area (Å²) in [5, 5.41) is 2.09. The van der Waals surface area contributed by atoms with Gasteiger partial charge >= 0.3 is 0 Å². The molecule has 1 heterocycles. The molecule has 0 atom stereocenters. The highest BCUT2D eigenvalue weighted by Crippen LogP contribution is 2.43. The van der Waals surface area contributed by atoms with Gasteiger partial charge in [-0.1, -0.05) is 91.5 Å². The monoisotopic (exact) mass is 564 g/mol. The largest absolute Gasteiger partial charge is 0.473 e. The van der Waals surface area contributed by atoms with Crippen LogP contribution in [0.4, 0.5) is 5.69 Å². The Bertz CT molecular complexity index is 1500. The molecule has 208 valence electrons. The van der Waals surface area contributed by atoms with Gasteiger partial charge in [-0.3, -0.25) is 9.69 Å². The van der Waals surface area contributed by atoms with Gasteiger partial charge in [-0.05, 0) is 30.3 Å². The number of rotatable bonds is 10. The normalized spacial score (nSPS) is 14.4. The maximum atomic E-state index is 15.2. The van der Waals surface area contributed by atoms with Gasteiger partial charge in [0, 0.05) is 40.1 Å². The van der Waals surface area contributed by atoms with Crippen LogP contribution in [0.1, 0.15) is 15.9 Å². The van der Waals surface area contributed by atoms with E-state index >= 15 is 4.57 Å². The van der Waals surface area contributed by atoms with Crippen molar-refractivity contribution in [3.8, 4) is 0 Å². The van der Waals surface area contributed by atoms with E-state index in [1.165, 1.54) is 0 Å². The Morgan fingerprint density at radius 2 is 1.44 bits per heavy atom. The number of benzene rings is 4. The van der Waals surface area contributed by atoms with E-state index in [9.17, 15) is 4.79 Å². The number of morpholine rings is 1. The lowest BCUT2D eigenvalue weighted by atomic mass is 10.1. The molecule has 0 bridgehead atoms. The van der Waals surface area contributed by atoms with E-state index in [4.69, 9.17) is 14.5 Å². The van der Waals surface area contributed by atoms with Gasteiger partial charge in [-0.15, -0.1) is 0 Å². The van der Waals surface area contributed by atoms with Gasteiger partial charge in [0.2, 0.25) is 5.90 Å². The first-order valence-corrected chi connectivity index (χ1v) is 15.4. The topological polar surface area (TPSA) is 68.2 Å². The molecule has 0 aliphatic carbocycles. The molecule has 0 unspecified atom stereocenters. The number of ketones is 1. The zero-order valence-corrected chi connectivity index (χ0v) is 23.8. The third-order valence-electron chi connectivity index (χ3n) is 6.94. The van der Waals surface area contributed by atoms with Crippen LogP contribution in [0, 0.1) is 0 Å². The molecule has 0 aromatic heterocycles. The Morgan fingerprint density at radius 1 is 0.854 bits per heavy atom. The van der Waals surface area contributed by atoms with Gasteiger partial charge in [0.25, 0.3) is 0 Å². The van der Waals surface area contributed by atoms with Crippen molar-refractivity contribution in [1.29, 1.82) is 0 Å². The number of ether oxygens (including phenoxy) is 2. The maximum Gasteiger partial charge on any atom is 0.222 e. The van der Waals surface area contributed by atoms with Crippen molar-refractivity contribution in [3.63, 3.8) is 0 Å². The molecule has 1 saturated heterocycles. The fourth-order valence-corrected chi connectivity index (χ4v) is 7.68. The Kier molecular flexibility index (Phi) is 9.37. The van der Waals surface area contributed by atoms with Crippen LogP contribution < -0.4 is 15.9 Å². The van der Waals surface area contributed by atoms with Gasteiger partial charge < -0.3 is 14.0 Å². The van der Waals surface area contributed by atoms with Gasteiger partial charge in [0.15, 0.2) is 12.9 Å². The molecule has 0 saturated carbocycles. The molecule has 0 amide bonds. The van der Waals surface area contributed by atoms with E-state index in [2.05, 4.69) is 11.5 Å². The predicted molar refractivity (Wildman–Crippen MR) is 166 cm³/mol. The summed E-state index contributed by atoms with van der Waals surface area (Å²) in [7, 11) is -3.29. The van der Waals surface area contributed by atoms with Gasteiger partial charge in [0.1, 0.15) is 6.61 Å². The molecule has 7 heteroatoms. The first kappa shape index (κ1) is 28.4. The number of hydrogen-bond donors (Lipinski definition) is 0. The van der Waals surface area contributed by atoms with E-state index in [1.807, 2.05) is 84.9 Å². The van der Waals surface area contributed by atoms with Crippen LogP contribution in [-0.4, -0.2) is 56.0 Å². The molecule has 0 N–H and O–H groups in total. The molecule has 0 radical (unpaired) electrons. The van der Waals surface area contributed by atoms with Crippen molar-refractivity contribution >= 4 is 40.4 Å². The molecular formula is C34H33N2O4P. The summed E-state index contributed by atoms with van der Waals surface area (Å²) < 4.78 is 26.6. The fraction of sp³-hybridized carbons (Fsp3) is 0.176. The number of nitrogens with zero attached hydrogens (tertiary/aromatic N) is 2. The van der Waals surface area contributed by atoms with Crippen LogP contribution in [-0.2, 0) is 14.0 Å². The molecule has 1 fully saturated rings. The molecule has 1 aliphatic rings. The first-order chi connectivity index (χ1) is 20.1. The van der Waals surface area contributed by atoms with Crippen LogP contribution in [0.15, 0.2) is 127 Å². The second-order valence-corrected chi connectivity index (χ2v) is 12.4. The summed E-state index contributed by atoms with van der Waals surface area (Å²) in [5.41, 5.74) is 1.89. The molecule has 5 rings (SSSR count). The van der Waals surface area contributed by atoms with Crippen LogP contribution in [0.25, 0.3) is 0 Å².